The Morgan fingerprint density at radius 1 is 0.952 bits per heavy atom. The predicted molar refractivity (Wildman–Crippen MR) is 81.4 cm³/mol. The molecule has 3 rings (SSSR count). The first kappa shape index (κ1) is 14.4. The molecule has 1 amide bonds. The van der Waals surface area contributed by atoms with E-state index < -0.39 is 0 Å². The zero-order chi connectivity index (χ0) is 14.7. The molecule has 4 nitrogen and oxygen atoms in total. The minimum Gasteiger partial charge on any atom is -0.344 e. The van der Waals surface area contributed by atoms with Crippen molar-refractivity contribution in [1.82, 2.24) is 9.47 Å². The number of hydrogen-bond donors (Lipinski definition) is 0. The highest BCUT2D eigenvalue weighted by Gasteiger charge is 2.20. The van der Waals surface area contributed by atoms with Gasteiger partial charge in [-0.05, 0) is 37.7 Å². The SMILES string of the molecule is O=C1CCCCc2cn(CC(=O)N3CCCCCC3)cc21. The van der Waals surface area contributed by atoms with Crippen LogP contribution in [0.2, 0.25) is 0 Å². The zero-order valence-electron chi connectivity index (χ0n) is 12.6. The Hall–Kier alpha value is -1.58. The smallest absolute Gasteiger partial charge is 0.242 e. The summed E-state index contributed by atoms with van der Waals surface area (Å²) in [6.07, 6.45) is 12.3. The van der Waals surface area contributed by atoms with Crippen LogP contribution in [-0.2, 0) is 17.8 Å². The molecule has 0 radical (unpaired) electrons. The largest absolute Gasteiger partial charge is 0.344 e. The first-order chi connectivity index (χ1) is 10.2. The number of fused-ring (bicyclic) bond motifs is 1. The maximum absolute atomic E-state index is 12.4. The molecule has 0 unspecified atom stereocenters. The van der Waals surface area contributed by atoms with E-state index in [2.05, 4.69) is 0 Å². The third kappa shape index (κ3) is 3.36. The fourth-order valence-corrected chi connectivity index (χ4v) is 3.41. The van der Waals surface area contributed by atoms with Gasteiger partial charge in [0.05, 0.1) is 0 Å². The summed E-state index contributed by atoms with van der Waals surface area (Å²) in [5.74, 6) is 0.429. The molecule has 114 valence electrons. The monoisotopic (exact) mass is 288 g/mol. The molecule has 2 aliphatic rings. The Morgan fingerprint density at radius 2 is 1.67 bits per heavy atom. The lowest BCUT2D eigenvalue weighted by Crippen LogP contribution is -2.34. The first-order valence-electron chi connectivity index (χ1n) is 8.23. The van der Waals surface area contributed by atoms with Gasteiger partial charge in [0.25, 0.3) is 0 Å². The highest BCUT2D eigenvalue weighted by molar-refractivity contribution is 5.97. The maximum atomic E-state index is 12.4. The number of rotatable bonds is 2. The van der Waals surface area contributed by atoms with Crippen LogP contribution in [0, 0.1) is 0 Å². The Kier molecular flexibility index (Phi) is 4.42. The average Bonchev–Trinajstić information content (AvgIpc) is 2.66. The van der Waals surface area contributed by atoms with Crippen LogP contribution in [0.3, 0.4) is 0 Å². The van der Waals surface area contributed by atoms with Crippen molar-refractivity contribution in [1.29, 1.82) is 0 Å². The summed E-state index contributed by atoms with van der Waals surface area (Å²) in [6, 6.07) is 0. The predicted octanol–water partition coefficient (Wildman–Crippen LogP) is 2.80. The van der Waals surface area contributed by atoms with Gasteiger partial charge in [-0.2, -0.15) is 0 Å². The van der Waals surface area contributed by atoms with E-state index in [0.717, 1.165) is 56.3 Å². The van der Waals surface area contributed by atoms with Crippen molar-refractivity contribution in [3.05, 3.63) is 23.5 Å². The molecule has 0 saturated carbocycles. The van der Waals surface area contributed by atoms with Gasteiger partial charge in [0.2, 0.25) is 5.91 Å². The second-order valence-corrected chi connectivity index (χ2v) is 6.29. The number of aromatic nitrogens is 1. The van der Waals surface area contributed by atoms with Crippen LogP contribution in [-0.4, -0.2) is 34.2 Å². The normalized spacial score (nSPS) is 19.8. The molecule has 1 fully saturated rings. The van der Waals surface area contributed by atoms with Crippen molar-refractivity contribution >= 4 is 11.7 Å². The lowest BCUT2D eigenvalue weighted by atomic mass is 10.1. The molecule has 1 aromatic rings. The molecular weight excluding hydrogens is 264 g/mol. The highest BCUT2D eigenvalue weighted by Crippen LogP contribution is 2.21. The van der Waals surface area contributed by atoms with E-state index in [1.165, 1.54) is 12.8 Å². The van der Waals surface area contributed by atoms with Crippen molar-refractivity contribution in [3.8, 4) is 0 Å². The third-order valence-electron chi connectivity index (χ3n) is 4.64. The van der Waals surface area contributed by atoms with E-state index in [0.29, 0.717) is 13.0 Å². The van der Waals surface area contributed by atoms with Crippen molar-refractivity contribution in [2.45, 2.75) is 57.9 Å². The molecule has 4 heteroatoms. The van der Waals surface area contributed by atoms with Crippen molar-refractivity contribution in [2.24, 2.45) is 0 Å². The van der Waals surface area contributed by atoms with Gasteiger partial charge < -0.3 is 9.47 Å². The van der Waals surface area contributed by atoms with Crippen LogP contribution in [0.15, 0.2) is 12.4 Å². The number of Topliss-reactive ketones (excluding diaryl/α,β-unsaturated/α-hetero) is 1. The van der Waals surface area contributed by atoms with Gasteiger partial charge in [0, 0.05) is 37.5 Å². The Balaban J connectivity index is 1.68. The Labute approximate surface area is 126 Å². The maximum Gasteiger partial charge on any atom is 0.242 e. The number of amides is 1. The molecule has 0 bridgehead atoms. The summed E-state index contributed by atoms with van der Waals surface area (Å²) in [5, 5.41) is 0. The second-order valence-electron chi connectivity index (χ2n) is 6.29. The van der Waals surface area contributed by atoms with E-state index in [-0.39, 0.29) is 11.7 Å². The van der Waals surface area contributed by atoms with Gasteiger partial charge in [-0.3, -0.25) is 9.59 Å². The molecule has 2 heterocycles. The lowest BCUT2D eigenvalue weighted by molar-refractivity contribution is -0.131. The van der Waals surface area contributed by atoms with Crippen LogP contribution >= 0.6 is 0 Å². The van der Waals surface area contributed by atoms with Crippen LogP contribution in [0.1, 0.15) is 60.9 Å². The summed E-state index contributed by atoms with van der Waals surface area (Å²) in [7, 11) is 0. The first-order valence-corrected chi connectivity index (χ1v) is 8.23. The molecular formula is C17H24N2O2. The van der Waals surface area contributed by atoms with E-state index in [9.17, 15) is 9.59 Å². The fourth-order valence-electron chi connectivity index (χ4n) is 3.41. The number of hydrogen-bond acceptors (Lipinski definition) is 2. The topological polar surface area (TPSA) is 42.3 Å². The van der Waals surface area contributed by atoms with Crippen molar-refractivity contribution in [3.63, 3.8) is 0 Å². The Morgan fingerprint density at radius 3 is 2.43 bits per heavy atom. The van der Waals surface area contributed by atoms with Crippen LogP contribution in [0.5, 0.6) is 0 Å². The minimum atomic E-state index is 0.189. The second kappa shape index (κ2) is 6.46. The minimum absolute atomic E-state index is 0.189. The molecule has 1 aromatic heterocycles. The van der Waals surface area contributed by atoms with E-state index in [1.807, 2.05) is 21.9 Å². The number of carbonyl (C=O) groups is 2. The van der Waals surface area contributed by atoms with Gasteiger partial charge in [0.1, 0.15) is 6.54 Å². The molecule has 0 spiro atoms. The van der Waals surface area contributed by atoms with E-state index in [4.69, 9.17) is 0 Å². The zero-order valence-corrected chi connectivity index (χ0v) is 12.6. The molecule has 0 aromatic carbocycles. The standard InChI is InChI=1S/C17H24N2O2/c20-16-8-4-3-7-14-11-18(12-15(14)16)13-17(21)19-9-5-1-2-6-10-19/h11-12H,1-10,13H2. The van der Waals surface area contributed by atoms with E-state index >= 15 is 0 Å². The molecule has 0 atom stereocenters. The van der Waals surface area contributed by atoms with Crippen molar-refractivity contribution in [2.75, 3.05) is 13.1 Å². The summed E-state index contributed by atoms with van der Waals surface area (Å²) in [6.45, 7) is 2.15. The van der Waals surface area contributed by atoms with Crippen molar-refractivity contribution < 1.29 is 9.59 Å². The number of nitrogens with zero attached hydrogens (tertiary/aromatic N) is 2. The fraction of sp³-hybridized carbons (Fsp3) is 0.647. The van der Waals surface area contributed by atoms with Gasteiger partial charge in [0.15, 0.2) is 5.78 Å². The molecule has 1 saturated heterocycles. The molecule has 0 N–H and O–H groups in total. The average molecular weight is 288 g/mol. The van der Waals surface area contributed by atoms with Gasteiger partial charge >= 0.3 is 0 Å². The lowest BCUT2D eigenvalue weighted by Gasteiger charge is -2.20. The summed E-state index contributed by atoms with van der Waals surface area (Å²) in [4.78, 5) is 26.4. The van der Waals surface area contributed by atoms with Crippen LogP contribution in [0.25, 0.3) is 0 Å². The van der Waals surface area contributed by atoms with Gasteiger partial charge in [-0.15, -0.1) is 0 Å². The summed E-state index contributed by atoms with van der Waals surface area (Å²) in [5.41, 5.74) is 1.97. The number of likely N-dealkylation sites (tertiary alicyclic amines) is 1. The van der Waals surface area contributed by atoms with Crippen LogP contribution < -0.4 is 0 Å². The third-order valence-corrected chi connectivity index (χ3v) is 4.64. The number of ketones is 1. The quantitative estimate of drug-likeness (QED) is 0.785. The number of carbonyl (C=O) groups excluding carboxylic acids is 2. The summed E-state index contributed by atoms with van der Waals surface area (Å²) < 4.78 is 1.92. The molecule has 1 aliphatic carbocycles. The number of aryl methyl sites for hydroxylation is 1. The molecule has 1 aliphatic heterocycles. The Bertz CT molecular complexity index is 525. The van der Waals surface area contributed by atoms with Gasteiger partial charge in [-0.25, -0.2) is 0 Å². The highest BCUT2D eigenvalue weighted by atomic mass is 16.2. The van der Waals surface area contributed by atoms with Gasteiger partial charge in [-0.1, -0.05) is 12.8 Å². The molecule has 21 heavy (non-hydrogen) atoms. The summed E-state index contributed by atoms with van der Waals surface area (Å²) >= 11 is 0. The van der Waals surface area contributed by atoms with E-state index in [1.54, 1.807) is 0 Å². The van der Waals surface area contributed by atoms with Crippen LogP contribution in [0.4, 0.5) is 0 Å².